The van der Waals surface area contributed by atoms with E-state index in [-0.39, 0.29) is 28.2 Å². The minimum atomic E-state index is -2.86. The number of hydrogen-bond acceptors (Lipinski definition) is 3. The number of fused-ring (bicyclic) bond motifs is 1. The summed E-state index contributed by atoms with van der Waals surface area (Å²) in [6.07, 6.45) is 1.56. The van der Waals surface area contributed by atoms with Crippen LogP contribution in [0.5, 0.6) is 11.5 Å². The van der Waals surface area contributed by atoms with Crippen LogP contribution in [-0.4, -0.2) is 18.8 Å². The molecule has 0 amide bonds. The van der Waals surface area contributed by atoms with E-state index in [9.17, 15) is 8.78 Å². The second kappa shape index (κ2) is 4.86. The minimum absolute atomic E-state index is 0.0396. The zero-order chi connectivity index (χ0) is 12.5. The van der Waals surface area contributed by atoms with Crippen LogP contribution in [-0.2, 0) is 26.6 Å². The fourth-order valence-electron chi connectivity index (χ4n) is 1.54. The Morgan fingerprint density at radius 1 is 1.35 bits per heavy atom. The Kier molecular flexibility index (Phi) is 3.63. The Bertz CT molecular complexity index is 449. The van der Waals surface area contributed by atoms with E-state index in [2.05, 4.69) is 0 Å². The van der Waals surface area contributed by atoms with Crippen molar-refractivity contribution in [1.29, 1.82) is 0 Å². The summed E-state index contributed by atoms with van der Waals surface area (Å²) in [4.78, 5) is 0. The molecule has 0 fully saturated rings. The van der Waals surface area contributed by atoms with Gasteiger partial charge in [0.15, 0.2) is 11.5 Å². The molecular formula is C11H12F2O2S2. The lowest BCUT2D eigenvalue weighted by Crippen LogP contribution is -2.16. The highest BCUT2D eigenvalue weighted by molar-refractivity contribution is 8.28. The van der Waals surface area contributed by atoms with Gasteiger partial charge in [0.2, 0.25) is 6.79 Å². The van der Waals surface area contributed by atoms with Crippen LogP contribution in [0.25, 0.3) is 0 Å². The number of ether oxygens (including phenoxy) is 2. The number of alkyl halides is 2. The van der Waals surface area contributed by atoms with E-state index in [1.165, 1.54) is 18.2 Å². The molecule has 1 unspecified atom stereocenters. The van der Waals surface area contributed by atoms with Crippen molar-refractivity contribution in [2.75, 3.05) is 18.8 Å². The number of halogens is 2. The Labute approximate surface area is 106 Å². The maximum Gasteiger partial charge on any atom is 0.274 e. The third-order valence-corrected chi connectivity index (χ3v) is 3.78. The summed E-state index contributed by atoms with van der Waals surface area (Å²) in [7, 11) is -0.388. The van der Waals surface area contributed by atoms with Crippen molar-refractivity contribution >= 4 is 20.6 Å². The highest BCUT2D eigenvalue weighted by Gasteiger charge is 2.32. The second-order valence-corrected chi connectivity index (χ2v) is 7.06. The highest BCUT2D eigenvalue weighted by atomic mass is 32.8. The molecule has 1 aromatic carbocycles. The lowest BCUT2D eigenvalue weighted by atomic mass is 10.1. The van der Waals surface area contributed by atoms with Gasteiger partial charge < -0.3 is 9.47 Å². The predicted molar refractivity (Wildman–Crippen MR) is 66.6 cm³/mol. The molecule has 2 nitrogen and oxygen atoms in total. The number of benzene rings is 1. The third kappa shape index (κ3) is 2.93. The van der Waals surface area contributed by atoms with E-state index in [4.69, 9.17) is 20.7 Å². The lowest BCUT2D eigenvalue weighted by molar-refractivity contribution is -0.00722. The van der Waals surface area contributed by atoms with Crippen LogP contribution in [0.4, 0.5) is 8.78 Å². The molecule has 1 atom stereocenters. The Balaban J connectivity index is 2.18. The van der Waals surface area contributed by atoms with Gasteiger partial charge in [-0.2, -0.15) is 0 Å². The van der Waals surface area contributed by atoms with E-state index in [0.29, 0.717) is 17.3 Å². The number of hydrogen-bond donors (Lipinski definition) is 0. The molecule has 0 spiro atoms. The Hall–Kier alpha value is -0.750. The van der Waals surface area contributed by atoms with Gasteiger partial charge >= 0.3 is 0 Å². The van der Waals surface area contributed by atoms with Gasteiger partial charge in [-0.1, -0.05) is 11.2 Å². The van der Waals surface area contributed by atoms with Crippen LogP contribution in [0.3, 0.4) is 0 Å². The van der Waals surface area contributed by atoms with Gasteiger partial charge in [0, 0.05) is 17.7 Å². The van der Waals surface area contributed by atoms with Gasteiger partial charge in [0.25, 0.3) is 5.92 Å². The molecule has 94 valence electrons. The largest absolute Gasteiger partial charge is 0.454 e. The first-order valence-electron chi connectivity index (χ1n) is 5.07. The van der Waals surface area contributed by atoms with Crippen molar-refractivity contribution in [1.82, 2.24) is 0 Å². The standard InChI is InChI=1S/C11H12F2O2S2/c1-17(16)5-4-11(12,13)8-2-3-9-10(6-8)15-7-14-9/h2-3,6H,4-5,7H2,1H3. The first-order chi connectivity index (χ1) is 7.99. The van der Waals surface area contributed by atoms with Crippen LogP contribution in [0, 0.1) is 0 Å². The fraction of sp³-hybridized carbons (Fsp3) is 0.455. The van der Waals surface area contributed by atoms with Gasteiger partial charge in [-0.15, -0.1) is 9.45 Å². The minimum Gasteiger partial charge on any atom is -0.454 e. The lowest BCUT2D eigenvalue weighted by Gasteiger charge is -2.16. The van der Waals surface area contributed by atoms with Crippen molar-refractivity contribution < 1.29 is 18.3 Å². The summed E-state index contributed by atoms with van der Waals surface area (Å²) >= 11 is 4.93. The van der Waals surface area contributed by atoms with Crippen molar-refractivity contribution in [3.63, 3.8) is 0 Å². The second-order valence-electron chi connectivity index (χ2n) is 3.80. The Morgan fingerprint density at radius 3 is 2.76 bits per heavy atom. The SMILES string of the molecule is CS(=S)CCC(F)(F)c1ccc2c(c1)OCO2. The molecule has 6 heteroatoms. The molecule has 1 aromatic rings. The average Bonchev–Trinajstić information content (AvgIpc) is 2.73. The molecule has 1 aliphatic rings. The van der Waals surface area contributed by atoms with Crippen molar-refractivity contribution in [3.05, 3.63) is 23.8 Å². The summed E-state index contributed by atoms with van der Waals surface area (Å²) in [5.41, 5.74) is -0.0396. The van der Waals surface area contributed by atoms with Crippen LogP contribution in [0.2, 0.25) is 0 Å². The predicted octanol–water partition coefficient (Wildman–Crippen LogP) is 2.61. The first kappa shape index (κ1) is 12.7. The van der Waals surface area contributed by atoms with Crippen molar-refractivity contribution in [2.45, 2.75) is 12.3 Å². The zero-order valence-corrected chi connectivity index (χ0v) is 10.9. The molecule has 0 N–H and O–H groups in total. The van der Waals surface area contributed by atoms with Crippen molar-refractivity contribution in [3.8, 4) is 11.5 Å². The summed E-state index contributed by atoms with van der Waals surface area (Å²) in [5.74, 6) is -1.61. The smallest absolute Gasteiger partial charge is 0.274 e. The van der Waals surface area contributed by atoms with Crippen LogP contribution < -0.4 is 9.47 Å². The number of rotatable bonds is 4. The molecule has 0 saturated heterocycles. The highest BCUT2D eigenvalue weighted by Crippen LogP contribution is 2.39. The summed E-state index contributed by atoms with van der Waals surface area (Å²) < 4.78 is 37.9. The normalized spacial score (nSPS) is 15.9. The van der Waals surface area contributed by atoms with E-state index in [1.807, 2.05) is 0 Å². The molecule has 0 bridgehead atoms. The van der Waals surface area contributed by atoms with E-state index in [1.54, 1.807) is 6.26 Å². The van der Waals surface area contributed by atoms with Crippen molar-refractivity contribution in [2.24, 2.45) is 0 Å². The molecule has 0 aromatic heterocycles. The van der Waals surface area contributed by atoms with Crippen LogP contribution >= 0.6 is 0 Å². The maximum absolute atomic E-state index is 13.8. The monoisotopic (exact) mass is 278 g/mol. The molecule has 0 aliphatic carbocycles. The first-order valence-corrected chi connectivity index (χ1v) is 7.80. The van der Waals surface area contributed by atoms with Gasteiger partial charge in [-0.05, 0) is 24.5 Å². The van der Waals surface area contributed by atoms with E-state index >= 15 is 0 Å². The third-order valence-electron chi connectivity index (χ3n) is 2.50. The molecule has 0 saturated carbocycles. The topological polar surface area (TPSA) is 18.5 Å². The van der Waals surface area contributed by atoms with Gasteiger partial charge in [-0.25, -0.2) is 8.78 Å². The summed E-state index contributed by atoms with van der Waals surface area (Å²) in [6, 6.07) is 4.25. The summed E-state index contributed by atoms with van der Waals surface area (Å²) in [6.45, 7) is 0.0922. The van der Waals surface area contributed by atoms with Gasteiger partial charge in [-0.3, -0.25) is 0 Å². The molecule has 2 rings (SSSR count). The van der Waals surface area contributed by atoms with Gasteiger partial charge in [0.1, 0.15) is 0 Å². The maximum atomic E-state index is 13.8. The quantitative estimate of drug-likeness (QED) is 0.843. The van der Waals surface area contributed by atoms with Crippen LogP contribution in [0.1, 0.15) is 12.0 Å². The van der Waals surface area contributed by atoms with E-state index < -0.39 is 5.92 Å². The van der Waals surface area contributed by atoms with E-state index in [0.717, 1.165) is 0 Å². The molecular weight excluding hydrogens is 266 g/mol. The Morgan fingerprint density at radius 2 is 2.06 bits per heavy atom. The fourth-order valence-corrected chi connectivity index (χ4v) is 2.33. The van der Waals surface area contributed by atoms with Gasteiger partial charge in [0.05, 0.1) is 0 Å². The molecule has 1 heterocycles. The molecule has 17 heavy (non-hydrogen) atoms. The van der Waals surface area contributed by atoms with Crippen LogP contribution in [0.15, 0.2) is 18.2 Å². The average molecular weight is 278 g/mol. The molecule has 1 aliphatic heterocycles. The molecule has 0 radical (unpaired) electrons. The zero-order valence-electron chi connectivity index (χ0n) is 9.24. The summed E-state index contributed by atoms with van der Waals surface area (Å²) in [5, 5.41) is 0.